The van der Waals surface area contributed by atoms with Crippen molar-refractivity contribution in [2.75, 3.05) is 65.9 Å². The summed E-state index contributed by atoms with van der Waals surface area (Å²) in [5, 5.41) is 5.68. The highest BCUT2D eigenvalue weighted by molar-refractivity contribution is 5.77. The Labute approximate surface area is 170 Å². The highest BCUT2D eigenvalue weighted by atomic mass is 16.6. The van der Waals surface area contributed by atoms with Crippen LogP contribution in [0.15, 0.2) is 0 Å². The molecule has 0 bridgehead atoms. The molecule has 0 aromatic heterocycles. The molecule has 8 heteroatoms. The van der Waals surface area contributed by atoms with Gasteiger partial charge < -0.3 is 29.6 Å². The number of hydrogen-bond acceptors (Lipinski definition) is 6. The van der Waals surface area contributed by atoms with Gasteiger partial charge in [-0.05, 0) is 5.92 Å². The lowest BCUT2D eigenvalue weighted by atomic mass is 10.1. The topological polar surface area (TPSA) is 95.1 Å². The summed E-state index contributed by atoms with van der Waals surface area (Å²) in [5.41, 5.74) is 0. The SMILES string of the molecule is CCC(C)CNC(=O)CCOCCOCCOCCOCCNC(=O)C(C)C. The van der Waals surface area contributed by atoms with Crippen molar-refractivity contribution in [3.05, 3.63) is 0 Å². The van der Waals surface area contributed by atoms with E-state index in [1.807, 2.05) is 13.8 Å². The quantitative estimate of drug-likeness (QED) is 0.316. The van der Waals surface area contributed by atoms with Crippen molar-refractivity contribution in [1.29, 1.82) is 0 Å². The van der Waals surface area contributed by atoms with E-state index in [-0.39, 0.29) is 17.7 Å². The molecule has 0 fully saturated rings. The molecule has 0 aromatic rings. The molecular formula is C20H40N2O6. The van der Waals surface area contributed by atoms with Crippen LogP contribution in [-0.2, 0) is 28.5 Å². The van der Waals surface area contributed by atoms with Crippen LogP contribution in [0.1, 0.15) is 40.5 Å². The van der Waals surface area contributed by atoms with Crippen LogP contribution in [0, 0.1) is 11.8 Å². The van der Waals surface area contributed by atoms with Gasteiger partial charge in [0, 0.05) is 25.4 Å². The third-order valence-corrected chi connectivity index (χ3v) is 4.00. The van der Waals surface area contributed by atoms with Crippen LogP contribution < -0.4 is 10.6 Å². The summed E-state index contributed by atoms with van der Waals surface area (Å²) in [5.74, 6) is 0.558. The second kappa shape index (κ2) is 19.1. The molecular weight excluding hydrogens is 364 g/mol. The van der Waals surface area contributed by atoms with Crippen molar-refractivity contribution >= 4 is 11.8 Å². The van der Waals surface area contributed by atoms with Crippen molar-refractivity contribution in [2.24, 2.45) is 11.8 Å². The molecule has 166 valence electrons. The second-order valence-electron chi connectivity index (χ2n) is 6.96. The normalized spacial score (nSPS) is 12.2. The Hall–Kier alpha value is -1.22. The maximum Gasteiger partial charge on any atom is 0.222 e. The van der Waals surface area contributed by atoms with Gasteiger partial charge in [-0.1, -0.05) is 34.1 Å². The fraction of sp³-hybridized carbons (Fsp3) is 0.900. The van der Waals surface area contributed by atoms with E-state index in [9.17, 15) is 9.59 Å². The maximum atomic E-state index is 11.6. The summed E-state index contributed by atoms with van der Waals surface area (Å²) in [6, 6.07) is 0. The molecule has 0 aliphatic heterocycles. The smallest absolute Gasteiger partial charge is 0.222 e. The van der Waals surface area contributed by atoms with Crippen molar-refractivity contribution in [3.8, 4) is 0 Å². The van der Waals surface area contributed by atoms with Crippen molar-refractivity contribution in [3.63, 3.8) is 0 Å². The molecule has 0 saturated heterocycles. The van der Waals surface area contributed by atoms with Gasteiger partial charge in [-0.25, -0.2) is 0 Å². The average Bonchev–Trinajstić information content (AvgIpc) is 2.68. The Morgan fingerprint density at radius 1 is 0.750 bits per heavy atom. The zero-order valence-corrected chi connectivity index (χ0v) is 18.1. The standard InChI is InChI=1S/C20H40N2O6/c1-5-18(4)16-22-19(23)6-8-25-10-12-27-14-15-28-13-11-26-9-7-21-20(24)17(2)3/h17-18H,5-16H2,1-4H3,(H,21,24)(H,22,23). The summed E-state index contributed by atoms with van der Waals surface area (Å²) in [7, 11) is 0. The molecule has 0 aromatic carbocycles. The van der Waals surface area contributed by atoms with E-state index in [4.69, 9.17) is 18.9 Å². The number of carbonyl (C=O) groups is 2. The van der Waals surface area contributed by atoms with Gasteiger partial charge in [0.05, 0.1) is 52.9 Å². The summed E-state index contributed by atoms with van der Waals surface area (Å²) >= 11 is 0. The number of amides is 2. The molecule has 0 spiro atoms. The predicted octanol–water partition coefficient (Wildman–Crippen LogP) is 1.38. The first-order chi connectivity index (χ1) is 13.5. The molecule has 0 radical (unpaired) electrons. The van der Waals surface area contributed by atoms with Gasteiger partial charge in [0.1, 0.15) is 0 Å². The Morgan fingerprint density at radius 3 is 1.75 bits per heavy atom. The van der Waals surface area contributed by atoms with Crippen LogP contribution >= 0.6 is 0 Å². The van der Waals surface area contributed by atoms with Crippen molar-refractivity contribution in [1.82, 2.24) is 10.6 Å². The molecule has 0 rings (SSSR count). The molecule has 28 heavy (non-hydrogen) atoms. The monoisotopic (exact) mass is 404 g/mol. The zero-order valence-electron chi connectivity index (χ0n) is 18.1. The summed E-state index contributed by atoms with van der Waals surface area (Å²) < 4.78 is 21.5. The number of nitrogens with one attached hydrogen (secondary N) is 2. The number of carbonyl (C=O) groups excluding carboxylic acids is 2. The zero-order chi connectivity index (χ0) is 21.0. The van der Waals surface area contributed by atoms with Gasteiger partial charge in [-0.2, -0.15) is 0 Å². The molecule has 0 heterocycles. The van der Waals surface area contributed by atoms with Gasteiger partial charge in [-0.15, -0.1) is 0 Å². The molecule has 2 N–H and O–H groups in total. The lowest BCUT2D eigenvalue weighted by Gasteiger charge is -2.10. The van der Waals surface area contributed by atoms with Crippen molar-refractivity contribution in [2.45, 2.75) is 40.5 Å². The summed E-state index contributed by atoms with van der Waals surface area (Å²) in [6.45, 7) is 12.9. The molecule has 8 nitrogen and oxygen atoms in total. The van der Waals surface area contributed by atoms with Crippen LogP contribution in [0.4, 0.5) is 0 Å². The average molecular weight is 405 g/mol. The second-order valence-corrected chi connectivity index (χ2v) is 6.96. The van der Waals surface area contributed by atoms with E-state index < -0.39 is 0 Å². The van der Waals surface area contributed by atoms with E-state index in [0.717, 1.165) is 13.0 Å². The minimum absolute atomic E-state index is 0.00676. The Kier molecular flexibility index (Phi) is 18.3. The van der Waals surface area contributed by atoms with Gasteiger partial charge in [0.15, 0.2) is 0 Å². The summed E-state index contributed by atoms with van der Waals surface area (Å²) in [6.07, 6.45) is 1.43. The predicted molar refractivity (Wildman–Crippen MR) is 108 cm³/mol. The number of ether oxygens (including phenoxy) is 4. The largest absolute Gasteiger partial charge is 0.379 e. The Bertz CT molecular complexity index is 393. The summed E-state index contributed by atoms with van der Waals surface area (Å²) in [4.78, 5) is 22.9. The lowest BCUT2D eigenvalue weighted by molar-refractivity contribution is -0.124. The minimum Gasteiger partial charge on any atom is -0.379 e. The van der Waals surface area contributed by atoms with E-state index in [2.05, 4.69) is 24.5 Å². The fourth-order valence-corrected chi connectivity index (χ4v) is 1.90. The molecule has 0 aliphatic carbocycles. The van der Waals surface area contributed by atoms with Gasteiger partial charge >= 0.3 is 0 Å². The fourth-order valence-electron chi connectivity index (χ4n) is 1.90. The van der Waals surface area contributed by atoms with Crippen LogP contribution in [-0.4, -0.2) is 77.8 Å². The molecule has 1 atom stereocenters. The number of rotatable bonds is 19. The molecule has 0 saturated carbocycles. The van der Waals surface area contributed by atoms with Crippen LogP contribution in [0.25, 0.3) is 0 Å². The highest BCUT2D eigenvalue weighted by Crippen LogP contribution is 1.97. The van der Waals surface area contributed by atoms with E-state index in [1.165, 1.54) is 0 Å². The van der Waals surface area contributed by atoms with E-state index in [0.29, 0.717) is 71.7 Å². The minimum atomic E-state index is -0.00676. The van der Waals surface area contributed by atoms with Crippen molar-refractivity contribution < 1.29 is 28.5 Å². The van der Waals surface area contributed by atoms with E-state index >= 15 is 0 Å². The third-order valence-electron chi connectivity index (χ3n) is 4.00. The van der Waals surface area contributed by atoms with Crippen LogP contribution in [0.3, 0.4) is 0 Å². The highest BCUT2D eigenvalue weighted by Gasteiger charge is 2.05. The van der Waals surface area contributed by atoms with Crippen LogP contribution in [0.2, 0.25) is 0 Å². The van der Waals surface area contributed by atoms with Crippen LogP contribution in [0.5, 0.6) is 0 Å². The molecule has 1 unspecified atom stereocenters. The molecule has 2 amide bonds. The number of hydrogen-bond donors (Lipinski definition) is 2. The van der Waals surface area contributed by atoms with Gasteiger partial charge in [-0.3, -0.25) is 9.59 Å². The maximum absolute atomic E-state index is 11.6. The third kappa shape index (κ3) is 18.2. The van der Waals surface area contributed by atoms with E-state index in [1.54, 1.807) is 0 Å². The van der Waals surface area contributed by atoms with Gasteiger partial charge in [0.25, 0.3) is 0 Å². The molecule has 0 aliphatic rings. The Balaban J connectivity index is 3.20. The Morgan fingerprint density at radius 2 is 1.25 bits per heavy atom. The first-order valence-electron chi connectivity index (χ1n) is 10.3. The first-order valence-corrected chi connectivity index (χ1v) is 10.3. The van der Waals surface area contributed by atoms with Gasteiger partial charge in [0.2, 0.25) is 11.8 Å². The first kappa shape index (κ1) is 26.8. The lowest BCUT2D eigenvalue weighted by Crippen LogP contribution is -2.31.